The average molecular weight is 478 g/mol. The minimum absolute atomic E-state index is 0.0886. The van der Waals surface area contributed by atoms with Crippen LogP contribution in [0, 0.1) is 22.9 Å². The summed E-state index contributed by atoms with van der Waals surface area (Å²) in [5.74, 6) is -3.20. The standard InChI is InChI=1S/C25H19FN2O7/c1-13-11-17(35-2)8-9-18(13)23(30)21-22(14-3-10-20(29)19(12-14)28(33)34)27(25(32)24(21)31)16-6-4-15(26)5-7-16/h3-12,22,29-30H,1-2H3/b23-21-. The maximum absolute atomic E-state index is 13.6. The van der Waals surface area contributed by atoms with Crippen LogP contribution in [-0.2, 0) is 9.59 Å². The highest BCUT2D eigenvalue weighted by molar-refractivity contribution is 6.51. The van der Waals surface area contributed by atoms with Crippen LogP contribution in [0.2, 0.25) is 0 Å². The lowest BCUT2D eigenvalue weighted by molar-refractivity contribution is -0.385. The number of aryl methyl sites for hydroxylation is 1. The number of aromatic hydroxyl groups is 1. The molecule has 1 heterocycles. The number of amides is 1. The van der Waals surface area contributed by atoms with Crippen LogP contribution in [0.15, 0.2) is 66.2 Å². The number of ketones is 1. The molecule has 1 saturated heterocycles. The third-order valence-electron chi connectivity index (χ3n) is 5.75. The number of benzene rings is 3. The van der Waals surface area contributed by atoms with Crippen LogP contribution in [-0.4, -0.2) is 33.9 Å². The molecule has 0 radical (unpaired) electrons. The molecule has 1 amide bonds. The normalized spacial score (nSPS) is 17.0. The number of nitro benzene ring substituents is 1. The number of halogens is 1. The van der Waals surface area contributed by atoms with E-state index in [0.29, 0.717) is 11.3 Å². The van der Waals surface area contributed by atoms with E-state index in [-0.39, 0.29) is 22.4 Å². The number of nitrogens with zero attached hydrogens (tertiary/aromatic N) is 2. The Morgan fingerprint density at radius 2 is 1.77 bits per heavy atom. The number of anilines is 1. The van der Waals surface area contributed by atoms with Crippen molar-refractivity contribution >= 4 is 28.8 Å². The van der Waals surface area contributed by atoms with Gasteiger partial charge in [-0.3, -0.25) is 24.6 Å². The highest BCUT2D eigenvalue weighted by atomic mass is 19.1. The lowest BCUT2D eigenvalue weighted by atomic mass is 9.93. The number of aliphatic hydroxyl groups is 1. The van der Waals surface area contributed by atoms with Gasteiger partial charge in [0.15, 0.2) is 5.75 Å². The van der Waals surface area contributed by atoms with Crippen LogP contribution < -0.4 is 9.64 Å². The number of nitro groups is 1. The molecule has 4 rings (SSSR count). The highest BCUT2D eigenvalue weighted by Crippen LogP contribution is 2.44. The van der Waals surface area contributed by atoms with Gasteiger partial charge in [0.25, 0.3) is 11.7 Å². The first-order valence-corrected chi connectivity index (χ1v) is 10.3. The molecule has 1 unspecified atom stereocenters. The first kappa shape index (κ1) is 23.4. The summed E-state index contributed by atoms with van der Waals surface area (Å²) in [6, 6.07) is 11.6. The Bertz CT molecular complexity index is 1400. The molecule has 0 spiro atoms. The van der Waals surface area contributed by atoms with Gasteiger partial charge < -0.3 is 14.9 Å². The molecule has 0 aromatic heterocycles. The second-order valence-electron chi connectivity index (χ2n) is 7.83. The van der Waals surface area contributed by atoms with Gasteiger partial charge in [0.2, 0.25) is 0 Å². The Labute approximate surface area is 198 Å². The summed E-state index contributed by atoms with van der Waals surface area (Å²) in [5.41, 5.74) is 0.0670. The summed E-state index contributed by atoms with van der Waals surface area (Å²) in [4.78, 5) is 38.0. The summed E-state index contributed by atoms with van der Waals surface area (Å²) < 4.78 is 18.7. The fraction of sp³-hybridized carbons (Fsp3) is 0.120. The number of phenols is 1. The zero-order valence-electron chi connectivity index (χ0n) is 18.6. The van der Waals surface area contributed by atoms with Crippen molar-refractivity contribution in [2.75, 3.05) is 12.0 Å². The van der Waals surface area contributed by atoms with E-state index < -0.39 is 45.7 Å². The number of carbonyl (C=O) groups is 2. The number of aliphatic hydroxyl groups excluding tert-OH is 1. The Balaban J connectivity index is 1.99. The van der Waals surface area contributed by atoms with Gasteiger partial charge in [0.1, 0.15) is 17.3 Å². The smallest absolute Gasteiger partial charge is 0.311 e. The summed E-state index contributed by atoms with van der Waals surface area (Å²) in [5, 5.41) is 32.6. The van der Waals surface area contributed by atoms with Gasteiger partial charge in [0.05, 0.1) is 23.6 Å². The average Bonchev–Trinajstić information content (AvgIpc) is 3.09. The molecule has 3 aromatic rings. The molecule has 178 valence electrons. The number of hydrogen-bond donors (Lipinski definition) is 2. The van der Waals surface area contributed by atoms with Crippen LogP contribution >= 0.6 is 0 Å². The molecule has 3 aromatic carbocycles. The zero-order valence-corrected chi connectivity index (χ0v) is 18.6. The van der Waals surface area contributed by atoms with Crippen LogP contribution in [0.1, 0.15) is 22.7 Å². The SMILES string of the molecule is COc1ccc(/C(O)=C2/C(=O)C(=O)N(c3ccc(F)cc3)C2c2ccc(O)c([N+](=O)[O-])c2)c(C)c1. The molecular formula is C25H19FN2O7. The van der Waals surface area contributed by atoms with Crippen LogP contribution in [0.4, 0.5) is 15.8 Å². The van der Waals surface area contributed by atoms with Crippen LogP contribution in [0.25, 0.3) is 5.76 Å². The van der Waals surface area contributed by atoms with E-state index in [1.54, 1.807) is 19.1 Å². The first-order valence-electron chi connectivity index (χ1n) is 10.3. The van der Waals surface area contributed by atoms with Gasteiger partial charge >= 0.3 is 5.69 Å². The third-order valence-corrected chi connectivity index (χ3v) is 5.75. The fourth-order valence-electron chi connectivity index (χ4n) is 4.05. The van der Waals surface area contributed by atoms with Gasteiger partial charge in [0, 0.05) is 17.3 Å². The fourth-order valence-corrected chi connectivity index (χ4v) is 4.05. The van der Waals surface area contributed by atoms with E-state index >= 15 is 0 Å². The van der Waals surface area contributed by atoms with Crippen molar-refractivity contribution in [2.45, 2.75) is 13.0 Å². The van der Waals surface area contributed by atoms with E-state index in [4.69, 9.17) is 4.74 Å². The van der Waals surface area contributed by atoms with Gasteiger partial charge in [-0.05, 0) is 66.6 Å². The number of methoxy groups -OCH3 is 1. The van der Waals surface area contributed by atoms with Crippen molar-refractivity contribution in [2.24, 2.45) is 0 Å². The lowest BCUT2D eigenvalue weighted by Gasteiger charge is -2.25. The molecule has 10 heteroatoms. The summed E-state index contributed by atoms with van der Waals surface area (Å²) in [7, 11) is 1.47. The number of ether oxygens (including phenoxy) is 1. The van der Waals surface area contributed by atoms with Gasteiger partial charge in [-0.1, -0.05) is 6.07 Å². The maximum atomic E-state index is 13.6. The molecule has 1 atom stereocenters. The molecule has 35 heavy (non-hydrogen) atoms. The molecule has 1 fully saturated rings. The summed E-state index contributed by atoms with van der Waals surface area (Å²) >= 11 is 0. The van der Waals surface area contributed by atoms with Crippen LogP contribution in [0.5, 0.6) is 11.5 Å². The predicted molar refractivity (Wildman–Crippen MR) is 124 cm³/mol. The molecule has 0 aliphatic carbocycles. The second kappa shape index (κ2) is 8.90. The Kier molecular flexibility index (Phi) is 5.96. The topological polar surface area (TPSA) is 130 Å². The van der Waals surface area contributed by atoms with E-state index in [1.807, 2.05) is 0 Å². The number of hydrogen-bond acceptors (Lipinski definition) is 7. The van der Waals surface area contributed by atoms with Crippen molar-refractivity contribution in [3.05, 3.63) is 98.9 Å². The molecule has 0 saturated carbocycles. The molecule has 0 bridgehead atoms. The summed E-state index contributed by atoms with van der Waals surface area (Å²) in [6.07, 6.45) is 0. The molecule has 2 N–H and O–H groups in total. The minimum Gasteiger partial charge on any atom is -0.507 e. The number of phenolic OH excluding ortho intramolecular Hbond substituents is 1. The van der Waals surface area contributed by atoms with Crippen molar-refractivity contribution in [1.82, 2.24) is 0 Å². The largest absolute Gasteiger partial charge is 0.507 e. The zero-order chi connectivity index (χ0) is 25.4. The number of rotatable bonds is 5. The van der Waals surface area contributed by atoms with E-state index in [9.17, 15) is 34.3 Å². The van der Waals surface area contributed by atoms with Crippen molar-refractivity contribution in [3.63, 3.8) is 0 Å². The Morgan fingerprint density at radius 1 is 1.09 bits per heavy atom. The molecule has 1 aliphatic rings. The molecule has 9 nitrogen and oxygen atoms in total. The third kappa shape index (κ3) is 4.05. The molecular weight excluding hydrogens is 459 g/mol. The van der Waals surface area contributed by atoms with Crippen LogP contribution in [0.3, 0.4) is 0 Å². The van der Waals surface area contributed by atoms with Crippen molar-refractivity contribution in [1.29, 1.82) is 0 Å². The maximum Gasteiger partial charge on any atom is 0.311 e. The van der Waals surface area contributed by atoms with Gasteiger partial charge in [-0.25, -0.2) is 4.39 Å². The quantitative estimate of drug-likeness (QED) is 0.183. The number of Topliss-reactive ketones (excluding diaryl/α,β-unsaturated/α-hetero) is 1. The second-order valence-corrected chi connectivity index (χ2v) is 7.83. The molecule has 1 aliphatic heterocycles. The van der Waals surface area contributed by atoms with E-state index in [2.05, 4.69) is 0 Å². The first-order chi connectivity index (χ1) is 16.6. The predicted octanol–water partition coefficient (Wildman–Crippen LogP) is 4.38. The van der Waals surface area contributed by atoms with Crippen molar-refractivity contribution < 1.29 is 33.9 Å². The Morgan fingerprint density at radius 3 is 2.37 bits per heavy atom. The monoisotopic (exact) mass is 478 g/mol. The Hall–Kier alpha value is -4.73. The minimum atomic E-state index is -1.29. The van der Waals surface area contributed by atoms with Gasteiger partial charge in [-0.15, -0.1) is 0 Å². The van der Waals surface area contributed by atoms with E-state index in [1.165, 1.54) is 31.4 Å². The summed E-state index contributed by atoms with van der Waals surface area (Å²) in [6.45, 7) is 1.67. The lowest BCUT2D eigenvalue weighted by Crippen LogP contribution is -2.29. The highest BCUT2D eigenvalue weighted by Gasteiger charge is 2.47. The van der Waals surface area contributed by atoms with E-state index in [0.717, 1.165) is 29.2 Å². The number of carbonyl (C=O) groups excluding carboxylic acids is 2. The van der Waals surface area contributed by atoms with Crippen molar-refractivity contribution in [3.8, 4) is 11.5 Å². The van der Waals surface area contributed by atoms with Gasteiger partial charge in [-0.2, -0.15) is 0 Å².